The van der Waals surface area contributed by atoms with Crippen LogP contribution >= 0.6 is 22.7 Å². The highest BCUT2D eigenvalue weighted by molar-refractivity contribution is 7.21. The van der Waals surface area contributed by atoms with Crippen molar-refractivity contribution in [1.29, 1.82) is 0 Å². The predicted octanol–water partition coefficient (Wildman–Crippen LogP) is 4.74. The van der Waals surface area contributed by atoms with Crippen LogP contribution in [0.3, 0.4) is 0 Å². The van der Waals surface area contributed by atoms with Gasteiger partial charge in [-0.25, -0.2) is 4.79 Å². The van der Waals surface area contributed by atoms with E-state index in [2.05, 4.69) is 23.6 Å². The summed E-state index contributed by atoms with van der Waals surface area (Å²) in [6, 6.07) is 15.9. The summed E-state index contributed by atoms with van der Waals surface area (Å²) in [7, 11) is 0. The molecule has 3 heterocycles. The zero-order valence-electron chi connectivity index (χ0n) is 10.4. The molecule has 2 aromatic heterocycles. The lowest BCUT2D eigenvalue weighted by atomic mass is 10.0. The number of ether oxygens (including phenoxy) is 1. The molecular weight excluding hydrogens is 288 g/mol. The molecule has 1 unspecified atom stereocenters. The van der Waals surface area contributed by atoms with Crippen molar-refractivity contribution >= 4 is 28.6 Å². The average Bonchev–Trinajstić information content (AvgIpc) is 3.17. The Morgan fingerprint density at radius 3 is 2.70 bits per heavy atom. The van der Waals surface area contributed by atoms with Crippen molar-refractivity contribution in [3.63, 3.8) is 0 Å². The van der Waals surface area contributed by atoms with Crippen molar-refractivity contribution in [2.75, 3.05) is 0 Å². The predicted molar refractivity (Wildman–Crippen MR) is 81.3 cm³/mol. The molecule has 20 heavy (non-hydrogen) atoms. The minimum absolute atomic E-state index is 0.225. The normalized spacial score (nSPS) is 17.0. The number of benzene rings is 1. The van der Waals surface area contributed by atoms with Gasteiger partial charge in [-0.05, 0) is 29.6 Å². The van der Waals surface area contributed by atoms with Crippen LogP contribution < -0.4 is 0 Å². The molecule has 3 aromatic rings. The van der Waals surface area contributed by atoms with Gasteiger partial charge in [-0.1, -0.05) is 24.3 Å². The molecule has 4 rings (SSSR count). The minimum atomic E-state index is -0.252. The number of carbonyl (C=O) groups excluding carboxylic acids is 1. The lowest BCUT2D eigenvalue weighted by Crippen LogP contribution is -1.97. The molecule has 0 saturated carbocycles. The first-order chi connectivity index (χ1) is 9.83. The molecule has 1 aliphatic rings. The standard InChI is InChI=1S/C16H10O2S2/c17-16-11-5-2-1-4-10(11)15(18-16)14-8-7-13(20-14)12-6-3-9-19-12/h1-9,15H. The Morgan fingerprint density at radius 1 is 0.950 bits per heavy atom. The minimum Gasteiger partial charge on any atom is -0.448 e. The first-order valence-corrected chi connectivity index (χ1v) is 7.96. The highest BCUT2D eigenvalue weighted by Crippen LogP contribution is 2.41. The summed E-state index contributed by atoms with van der Waals surface area (Å²) in [5, 5.41) is 2.07. The van der Waals surface area contributed by atoms with Gasteiger partial charge in [0.15, 0.2) is 6.10 Å². The number of carbonyl (C=O) groups is 1. The Kier molecular flexibility index (Phi) is 2.72. The zero-order valence-corrected chi connectivity index (χ0v) is 12.0. The van der Waals surface area contributed by atoms with Gasteiger partial charge in [0.05, 0.1) is 10.4 Å². The molecule has 0 spiro atoms. The summed E-state index contributed by atoms with van der Waals surface area (Å²) in [6.07, 6.45) is -0.252. The fraction of sp³-hybridized carbons (Fsp3) is 0.0625. The van der Waals surface area contributed by atoms with E-state index < -0.39 is 0 Å². The van der Waals surface area contributed by atoms with Crippen molar-refractivity contribution in [3.8, 4) is 9.75 Å². The molecule has 0 saturated heterocycles. The van der Waals surface area contributed by atoms with E-state index in [1.165, 1.54) is 9.75 Å². The second kappa shape index (κ2) is 4.58. The van der Waals surface area contributed by atoms with Crippen LogP contribution in [-0.2, 0) is 4.74 Å². The molecule has 98 valence electrons. The molecule has 2 nitrogen and oxygen atoms in total. The van der Waals surface area contributed by atoms with Gasteiger partial charge in [0, 0.05) is 15.3 Å². The molecular formula is C16H10O2S2. The molecule has 4 heteroatoms. The van der Waals surface area contributed by atoms with E-state index >= 15 is 0 Å². The monoisotopic (exact) mass is 298 g/mol. The van der Waals surface area contributed by atoms with E-state index in [1.807, 2.05) is 30.3 Å². The lowest BCUT2D eigenvalue weighted by molar-refractivity contribution is 0.0461. The van der Waals surface area contributed by atoms with Crippen molar-refractivity contribution in [2.45, 2.75) is 6.10 Å². The third-order valence-electron chi connectivity index (χ3n) is 3.34. The van der Waals surface area contributed by atoms with Gasteiger partial charge in [-0.3, -0.25) is 0 Å². The molecule has 1 aliphatic heterocycles. The van der Waals surface area contributed by atoms with Gasteiger partial charge < -0.3 is 4.74 Å². The van der Waals surface area contributed by atoms with Gasteiger partial charge in [-0.15, -0.1) is 22.7 Å². The van der Waals surface area contributed by atoms with Gasteiger partial charge >= 0.3 is 5.97 Å². The van der Waals surface area contributed by atoms with E-state index in [4.69, 9.17) is 4.74 Å². The number of cyclic esters (lactones) is 1. The second-order valence-electron chi connectivity index (χ2n) is 4.55. The Balaban J connectivity index is 1.75. The highest BCUT2D eigenvalue weighted by Gasteiger charge is 2.32. The second-order valence-corrected chi connectivity index (χ2v) is 6.61. The topological polar surface area (TPSA) is 26.3 Å². The Labute approximate surface area is 124 Å². The van der Waals surface area contributed by atoms with Gasteiger partial charge in [0.25, 0.3) is 0 Å². The molecule has 0 amide bonds. The van der Waals surface area contributed by atoms with Gasteiger partial charge in [-0.2, -0.15) is 0 Å². The number of rotatable bonds is 2. The third kappa shape index (κ3) is 1.80. The quantitative estimate of drug-likeness (QED) is 0.639. The van der Waals surface area contributed by atoms with Crippen LogP contribution in [0, 0.1) is 0 Å². The molecule has 1 aromatic carbocycles. The smallest absolute Gasteiger partial charge is 0.339 e. The molecule has 0 fully saturated rings. The summed E-state index contributed by atoms with van der Waals surface area (Å²) in [5.74, 6) is -0.225. The van der Waals surface area contributed by atoms with Crippen LogP contribution in [-0.4, -0.2) is 5.97 Å². The number of fused-ring (bicyclic) bond motifs is 1. The van der Waals surface area contributed by atoms with E-state index in [9.17, 15) is 4.79 Å². The van der Waals surface area contributed by atoms with Crippen LogP contribution in [0.4, 0.5) is 0 Å². The summed E-state index contributed by atoms with van der Waals surface area (Å²) in [4.78, 5) is 15.4. The zero-order chi connectivity index (χ0) is 13.5. The van der Waals surface area contributed by atoms with Crippen LogP contribution in [0.1, 0.15) is 26.9 Å². The Morgan fingerprint density at radius 2 is 1.85 bits per heavy atom. The Hall–Kier alpha value is -1.91. The molecule has 1 atom stereocenters. The van der Waals surface area contributed by atoms with E-state index in [1.54, 1.807) is 22.7 Å². The largest absolute Gasteiger partial charge is 0.448 e. The van der Waals surface area contributed by atoms with Crippen molar-refractivity contribution in [1.82, 2.24) is 0 Å². The van der Waals surface area contributed by atoms with Crippen molar-refractivity contribution in [3.05, 3.63) is 69.9 Å². The lowest BCUT2D eigenvalue weighted by Gasteiger charge is -2.07. The molecule has 0 aliphatic carbocycles. The fourth-order valence-electron chi connectivity index (χ4n) is 2.40. The third-order valence-corrected chi connectivity index (χ3v) is 5.53. The van der Waals surface area contributed by atoms with E-state index in [0.717, 1.165) is 10.4 Å². The molecule has 0 radical (unpaired) electrons. The number of hydrogen-bond donors (Lipinski definition) is 0. The van der Waals surface area contributed by atoms with Crippen LogP contribution in [0.5, 0.6) is 0 Å². The summed E-state index contributed by atoms with van der Waals surface area (Å²) in [5.41, 5.74) is 1.65. The van der Waals surface area contributed by atoms with Crippen LogP contribution in [0.2, 0.25) is 0 Å². The number of thiophene rings is 2. The van der Waals surface area contributed by atoms with Gasteiger partial charge in [0.1, 0.15) is 0 Å². The summed E-state index contributed by atoms with van der Waals surface area (Å²) < 4.78 is 5.52. The van der Waals surface area contributed by atoms with Crippen molar-refractivity contribution in [2.24, 2.45) is 0 Å². The van der Waals surface area contributed by atoms with Crippen LogP contribution in [0.15, 0.2) is 53.9 Å². The SMILES string of the molecule is O=C1OC(c2ccc(-c3cccs3)s2)c2ccccc21. The van der Waals surface area contributed by atoms with E-state index in [-0.39, 0.29) is 12.1 Å². The average molecular weight is 298 g/mol. The summed E-state index contributed by atoms with van der Waals surface area (Å²) in [6.45, 7) is 0. The van der Waals surface area contributed by atoms with Gasteiger partial charge in [0.2, 0.25) is 0 Å². The first kappa shape index (κ1) is 11.9. The van der Waals surface area contributed by atoms with Crippen molar-refractivity contribution < 1.29 is 9.53 Å². The Bertz CT molecular complexity index is 771. The summed E-state index contributed by atoms with van der Waals surface area (Å²) >= 11 is 3.41. The number of esters is 1. The molecule has 0 N–H and O–H groups in total. The fourth-order valence-corrected chi connectivity index (χ4v) is 4.29. The maximum absolute atomic E-state index is 11.9. The first-order valence-electron chi connectivity index (χ1n) is 6.26. The maximum atomic E-state index is 11.9. The maximum Gasteiger partial charge on any atom is 0.339 e. The number of hydrogen-bond acceptors (Lipinski definition) is 4. The van der Waals surface area contributed by atoms with E-state index in [0.29, 0.717) is 5.56 Å². The van der Waals surface area contributed by atoms with Crippen LogP contribution in [0.25, 0.3) is 9.75 Å². The molecule has 0 bridgehead atoms. The highest BCUT2D eigenvalue weighted by atomic mass is 32.1.